The Hall–Kier alpha value is -1.34. The SMILES string of the molecule is Cn1nc(-c2cc3c(s2)CCC3)nc1SCC(=O)O. The first-order valence-electron chi connectivity index (χ1n) is 6.01. The van der Waals surface area contributed by atoms with E-state index >= 15 is 0 Å². The molecular weight excluding hydrogens is 282 g/mol. The maximum absolute atomic E-state index is 10.6. The average molecular weight is 295 g/mol. The molecule has 7 heteroatoms. The number of hydrogen-bond donors (Lipinski definition) is 1. The van der Waals surface area contributed by atoms with Gasteiger partial charge in [-0.1, -0.05) is 11.8 Å². The fourth-order valence-corrected chi connectivity index (χ4v) is 3.98. The molecule has 0 bridgehead atoms. The molecule has 3 rings (SSSR count). The number of aliphatic carboxylic acids is 1. The fourth-order valence-electron chi connectivity index (χ4n) is 2.17. The Morgan fingerprint density at radius 2 is 2.42 bits per heavy atom. The first-order valence-corrected chi connectivity index (χ1v) is 7.81. The van der Waals surface area contributed by atoms with E-state index in [1.54, 1.807) is 23.1 Å². The number of nitrogens with zero attached hydrogens (tertiary/aromatic N) is 3. The quantitative estimate of drug-likeness (QED) is 0.876. The lowest BCUT2D eigenvalue weighted by molar-refractivity contribution is -0.133. The maximum atomic E-state index is 10.6. The van der Waals surface area contributed by atoms with Crippen LogP contribution < -0.4 is 0 Å². The number of thiophene rings is 1. The van der Waals surface area contributed by atoms with E-state index in [2.05, 4.69) is 16.1 Å². The minimum Gasteiger partial charge on any atom is -0.481 e. The smallest absolute Gasteiger partial charge is 0.313 e. The standard InChI is InChI=1S/C12H13N3O2S2/c1-15-12(18-6-10(16)17)13-11(14-15)9-5-7-3-2-4-8(7)19-9/h5H,2-4,6H2,1H3,(H,16,17). The van der Waals surface area contributed by atoms with Crippen LogP contribution in [0.5, 0.6) is 0 Å². The van der Waals surface area contributed by atoms with Crippen molar-refractivity contribution in [1.82, 2.24) is 14.8 Å². The minimum absolute atomic E-state index is 0.00686. The number of fused-ring (bicyclic) bond motifs is 1. The molecule has 2 heterocycles. The van der Waals surface area contributed by atoms with Crippen LogP contribution in [0.4, 0.5) is 0 Å². The van der Waals surface area contributed by atoms with E-state index in [0.717, 1.165) is 17.7 Å². The third kappa shape index (κ3) is 2.52. The summed E-state index contributed by atoms with van der Waals surface area (Å²) in [6.45, 7) is 0. The van der Waals surface area contributed by atoms with Crippen LogP contribution in [0.3, 0.4) is 0 Å². The topological polar surface area (TPSA) is 68.0 Å². The Kier molecular flexibility index (Phi) is 3.32. The van der Waals surface area contributed by atoms with Crippen molar-refractivity contribution in [1.29, 1.82) is 0 Å². The van der Waals surface area contributed by atoms with E-state index in [1.165, 1.54) is 28.6 Å². The van der Waals surface area contributed by atoms with Gasteiger partial charge in [0.1, 0.15) is 0 Å². The lowest BCUT2D eigenvalue weighted by Gasteiger charge is -1.94. The van der Waals surface area contributed by atoms with E-state index in [0.29, 0.717) is 11.0 Å². The van der Waals surface area contributed by atoms with Gasteiger partial charge >= 0.3 is 5.97 Å². The van der Waals surface area contributed by atoms with Gasteiger partial charge < -0.3 is 5.11 Å². The molecule has 0 saturated carbocycles. The summed E-state index contributed by atoms with van der Waals surface area (Å²) in [5, 5.41) is 13.7. The number of thioether (sulfide) groups is 1. The van der Waals surface area contributed by atoms with Gasteiger partial charge in [-0.15, -0.1) is 16.4 Å². The van der Waals surface area contributed by atoms with Crippen LogP contribution in [-0.2, 0) is 24.7 Å². The van der Waals surface area contributed by atoms with Gasteiger partial charge in [-0.2, -0.15) is 0 Å². The highest BCUT2D eigenvalue weighted by molar-refractivity contribution is 7.99. The zero-order valence-electron chi connectivity index (χ0n) is 10.4. The van der Waals surface area contributed by atoms with Gasteiger partial charge in [-0.3, -0.25) is 4.79 Å². The minimum atomic E-state index is -0.843. The zero-order valence-corrected chi connectivity index (χ0v) is 12.1. The highest BCUT2D eigenvalue weighted by atomic mass is 32.2. The van der Waals surface area contributed by atoms with Gasteiger partial charge in [0.15, 0.2) is 11.0 Å². The van der Waals surface area contributed by atoms with Crippen molar-refractivity contribution in [3.05, 3.63) is 16.5 Å². The molecule has 1 N–H and O–H groups in total. The molecule has 1 aliphatic carbocycles. The Bertz CT molecular complexity index is 611. The monoisotopic (exact) mass is 295 g/mol. The fraction of sp³-hybridized carbons (Fsp3) is 0.417. The largest absolute Gasteiger partial charge is 0.481 e. The van der Waals surface area contributed by atoms with Gasteiger partial charge in [0, 0.05) is 11.9 Å². The lowest BCUT2D eigenvalue weighted by atomic mass is 10.2. The second kappa shape index (κ2) is 4.97. The summed E-state index contributed by atoms with van der Waals surface area (Å²) in [5.74, 6) is -0.133. The number of hydrogen-bond acceptors (Lipinski definition) is 5. The van der Waals surface area contributed by atoms with Crippen molar-refractivity contribution in [3.8, 4) is 10.7 Å². The van der Waals surface area contributed by atoms with E-state index in [9.17, 15) is 4.79 Å². The summed E-state index contributed by atoms with van der Waals surface area (Å²) in [5.41, 5.74) is 1.42. The predicted octanol–water partition coefficient (Wildman–Crippen LogP) is 2.21. The van der Waals surface area contributed by atoms with Crippen LogP contribution in [0.25, 0.3) is 10.7 Å². The first-order chi connectivity index (χ1) is 9.13. The van der Waals surface area contributed by atoms with E-state index < -0.39 is 5.97 Å². The second-order valence-electron chi connectivity index (χ2n) is 4.44. The normalized spacial score (nSPS) is 13.7. The molecule has 0 unspecified atom stereocenters. The molecule has 0 amide bonds. The van der Waals surface area contributed by atoms with Crippen molar-refractivity contribution < 1.29 is 9.90 Å². The number of carboxylic acids is 1. The van der Waals surface area contributed by atoms with Crippen LogP contribution in [0.15, 0.2) is 11.2 Å². The van der Waals surface area contributed by atoms with Crippen molar-refractivity contribution in [2.24, 2.45) is 7.05 Å². The van der Waals surface area contributed by atoms with Crippen molar-refractivity contribution in [3.63, 3.8) is 0 Å². The van der Waals surface area contributed by atoms with Crippen molar-refractivity contribution in [2.75, 3.05) is 5.75 Å². The number of carbonyl (C=O) groups is 1. The van der Waals surface area contributed by atoms with Gasteiger partial charge in [0.2, 0.25) is 0 Å². The number of rotatable bonds is 4. The third-order valence-electron chi connectivity index (χ3n) is 3.01. The van der Waals surface area contributed by atoms with Crippen LogP contribution >= 0.6 is 23.1 Å². The molecule has 0 spiro atoms. The Morgan fingerprint density at radius 3 is 3.16 bits per heavy atom. The van der Waals surface area contributed by atoms with Crippen LogP contribution in [0, 0.1) is 0 Å². The molecule has 0 saturated heterocycles. The molecule has 0 aromatic carbocycles. The number of carboxylic acid groups (broad SMARTS) is 1. The Morgan fingerprint density at radius 1 is 1.58 bits per heavy atom. The van der Waals surface area contributed by atoms with E-state index in [4.69, 9.17) is 5.11 Å². The first kappa shape index (κ1) is 12.7. The van der Waals surface area contributed by atoms with Crippen LogP contribution in [-0.4, -0.2) is 31.6 Å². The molecule has 0 atom stereocenters. The van der Waals surface area contributed by atoms with Gasteiger partial charge in [0.25, 0.3) is 0 Å². The molecule has 5 nitrogen and oxygen atoms in total. The van der Waals surface area contributed by atoms with E-state index in [-0.39, 0.29) is 5.75 Å². The summed E-state index contributed by atoms with van der Waals surface area (Å²) < 4.78 is 1.65. The molecular formula is C12H13N3O2S2. The third-order valence-corrected chi connectivity index (χ3v) is 5.25. The molecule has 0 aliphatic heterocycles. The van der Waals surface area contributed by atoms with E-state index in [1.807, 2.05) is 0 Å². The predicted molar refractivity (Wildman–Crippen MR) is 74.7 cm³/mol. The molecule has 2 aromatic rings. The summed E-state index contributed by atoms with van der Waals surface area (Å²) in [6, 6.07) is 2.17. The highest BCUT2D eigenvalue weighted by Gasteiger charge is 2.18. The summed E-state index contributed by atoms with van der Waals surface area (Å²) >= 11 is 2.95. The maximum Gasteiger partial charge on any atom is 0.313 e. The molecule has 19 heavy (non-hydrogen) atoms. The summed E-state index contributed by atoms with van der Waals surface area (Å²) in [6.07, 6.45) is 3.56. The molecule has 0 radical (unpaired) electrons. The van der Waals surface area contributed by atoms with Crippen molar-refractivity contribution in [2.45, 2.75) is 24.4 Å². The molecule has 2 aromatic heterocycles. The Balaban J connectivity index is 1.84. The summed E-state index contributed by atoms with van der Waals surface area (Å²) in [7, 11) is 1.79. The highest BCUT2D eigenvalue weighted by Crippen LogP contribution is 2.35. The summed E-state index contributed by atoms with van der Waals surface area (Å²) in [4.78, 5) is 17.5. The second-order valence-corrected chi connectivity index (χ2v) is 6.52. The number of aromatic nitrogens is 3. The average Bonchev–Trinajstić information content (AvgIpc) is 2.99. The number of aryl methyl sites for hydroxylation is 3. The lowest BCUT2D eigenvalue weighted by Crippen LogP contribution is -2.00. The van der Waals surface area contributed by atoms with Crippen LogP contribution in [0.2, 0.25) is 0 Å². The Labute approximate surface area is 118 Å². The molecule has 100 valence electrons. The van der Waals surface area contributed by atoms with Crippen LogP contribution in [0.1, 0.15) is 16.9 Å². The van der Waals surface area contributed by atoms with Crippen molar-refractivity contribution >= 4 is 29.1 Å². The van der Waals surface area contributed by atoms with Gasteiger partial charge in [-0.25, -0.2) is 9.67 Å². The molecule has 1 aliphatic rings. The van der Waals surface area contributed by atoms with Gasteiger partial charge in [0.05, 0.1) is 10.6 Å². The zero-order chi connectivity index (χ0) is 13.4. The molecule has 0 fully saturated rings. The van der Waals surface area contributed by atoms with Gasteiger partial charge in [-0.05, 0) is 30.9 Å².